The van der Waals surface area contributed by atoms with Crippen LogP contribution in [0.2, 0.25) is 0 Å². The predicted molar refractivity (Wildman–Crippen MR) is 72.8 cm³/mol. The monoisotopic (exact) mass is 264 g/mol. The Morgan fingerprint density at radius 3 is 2.63 bits per heavy atom. The highest BCUT2D eigenvalue weighted by molar-refractivity contribution is 5.05. The van der Waals surface area contributed by atoms with Crippen molar-refractivity contribution in [1.82, 2.24) is 20.5 Å². The summed E-state index contributed by atoms with van der Waals surface area (Å²) in [6.07, 6.45) is 3.49. The average Bonchev–Trinajstić information content (AvgIpc) is 2.97. The second-order valence-corrected chi connectivity index (χ2v) is 7.02. The predicted octanol–water partition coefficient (Wildman–Crippen LogP) is 2.12. The molecular formula is C14H24N4O. The van der Waals surface area contributed by atoms with Gasteiger partial charge in [0, 0.05) is 12.0 Å². The Hall–Kier alpha value is -0.940. The molecule has 1 aromatic rings. The van der Waals surface area contributed by atoms with Gasteiger partial charge in [0.2, 0.25) is 0 Å². The van der Waals surface area contributed by atoms with Crippen LogP contribution in [0.1, 0.15) is 64.5 Å². The number of nitrogens with zero attached hydrogens (tertiary/aromatic N) is 2. The van der Waals surface area contributed by atoms with Gasteiger partial charge in [0.1, 0.15) is 5.82 Å². The van der Waals surface area contributed by atoms with Crippen LogP contribution in [0.25, 0.3) is 0 Å². The molecule has 0 unspecified atom stereocenters. The summed E-state index contributed by atoms with van der Waals surface area (Å²) in [5.74, 6) is 2.52. The van der Waals surface area contributed by atoms with Gasteiger partial charge in [0.05, 0.1) is 17.7 Å². The molecule has 5 heteroatoms. The fraction of sp³-hybridized carbons (Fsp3) is 0.857. The van der Waals surface area contributed by atoms with Crippen LogP contribution in [0.4, 0.5) is 0 Å². The quantitative estimate of drug-likeness (QED) is 0.874. The largest absolute Gasteiger partial charge is 0.368 e. The normalized spacial score (nSPS) is 28.7. The minimum atomic E-state index is -0.136. The van der Waals surface area contributed by atoms with Crippen LogP contribution < -0.4 is 5.32 Å². The molecule has 0 spiro atoms. The lowest BCUT2D eigenvalue weighted by atomic mass is 9.94. The zero-order chi connectivity index (χ0) is 13.7. The molecule has 1 aromatic heterocycles. The zero-order valence-electron chi connectivity index (χ0n) is 12.3. The molecule has 1 saturated heterocycles. The van der Waals surface area contributed by atoms with Gasteiger partial charge in [-0.25, -0.2) is 4.98 Å². The smallest absolute Gasteiger partial charge is 0.153 e. The molecule has 106 valence electrons. The number of ether oxygens (including phenoxy) is 1. The van der Waals surface area contributed by atoms with Crippen molar-refractivity contribution in [3.8, 4) is 0 Å². The number of rotatable bonds is 4. The summed E-state index contributed by atoms with van der Waals surface area (Å²) in [4.78, 5) is 4.55. The van der Waals surface area contributed by atoms with Crippen LogP contribution in [-0.4, -0.2) is 32.4 Å². The van der Waals surface area contributed by atoms with E-state index in [1.807, 2.05) is 0 Å². The van der Waals surface area contributed by atoms with E-state index in [0.717, 1.165) is 24.6 Å². The Balaban J connectivity index is 1.59. The summed E-state index contributed by atoms with van der Waals surface area (Å²) in [6, 6.07) is 0.344. The van der Waals surface area contributed by atoms with Crippen molar-refractivity contribution in [3.63, 3.8) is 0 Å². The molecule has 2 aliphatic rings. The Morgan fingerprint density at radius 1 is 1.32 bits per heavy atom. The van der Waals surface area contributed by atoms with E-state index >= 15 is 0 Å². The maximum atomic E-state index is 6.08. The first-order valence-corrected chi connectivity index (χ1v) is 7.20. The van der Waals surface area contributed by atoms with E-state index in [1.165, 1.54) is 12.8 Å². The Bertz CT molecular complexity index is 462. The van der Waals surface area contributed by atoms with Crippen molar-refractivity contribution in [2.45, 2.75) is 76.7 Å². The van der Waals surface area contributed by atoms with Gasteiger partial charge in [-0.1, -0.05) is 0 Å². The number of hydrogen-bond donors (Lipinski definition) is 2. The minimum absolute atomic E-state index is 0.0538. The van der Waals surface area contributed by atoms with Crippen molar-refractivity contribution in [2.75, 3.05) is 0 Å². The number of aromatic nitrogens is 3. The molecule has 19 heavy (non-hydrogen) atoms. The van der Waals surface area contributed by atoms with Crippen LogP contribution in [-0.2, 0) is 11.3 Å². The summed E-state index contributed by atoms with van der Waals surface area (Å²) < 4.78 is 6.08. The van der Waals surface area contributed by atoms with Crippen molar-refractivity contribution in [2.24, 2.45) is 0 Å². The number of nitrogens with one attached hydrogen (secondary N) is 2. The second kappa shape index (κ2) is 4.28. The molecule has 5 nitrogen and oxygen atoms in total. The molecule has 1 aliphatic heterocycles. The standard InChI is InChI=1S/C14H24N4O/c1-13(2)7-10(14(3,4)19-13)15-8-11-16-12(18-17-11)9-5-6-9/h9-10,15H,5-8H2,1-4H3,(H,16,17,18)/t10-/m1/s1. The van der Waals surface area contributed by atoms with Gasteiger partial charge in [-0.2, -0.15) is 5.10 Å². The van der Waals surface area contributed by atoms with E-state index in [2.05, 4.69) is 48.2 Å². The Morgan fingerprint density at radius 2 is 2.05 bits per heavy atom. The van der Waals surface area contributed by atoms with Gasteiger partial charge in [0.25, 0.3) is 0 Å². The maximum Gasteiger partial charge on any atom is 0.153 e. The fourth-order valence-corrected chi connectivity index (χ4v) is 3.01. The fourth-order valence-electron chi connectivity index (χ4n) is 3.01. The van der Waals surface area contributed by atoms with E-state index < -0.39 is 0 Å². The van der Waals surface area contributed by atoms with Crippen LogP contribution >= 0.6 is 0 Å². The molecule has 2 fully saturated rings. The Kier molecular flexibility index (Phi) is 2.94. The van der Waals surface area contributed by atoms with Gasteiger partial charge in [-0.05, 0) is 47.0 Å². The molecule has 0 aromatic carbocycles. The minimum Gasteiger partial charge on any atom is -0.368 e. The van der Waals surface area contributed by atoms with Gasteiger partial charge in [0.15, 0.2) is 5.82 Å². The molecule has 0 bridgehead atoms. The zero-order valence-corrected chi connectivity index (χ0v) is 12.3. The third kappa shape index (κ3) is 2.82. The van der Waals surface area contributed by atoms with E-state index in [4.69, 9.17) is 4.74 Å². The molecule has 1 atom stereocenters. The molecule has 0 amide bonds. The van der Waals surface area contributed by atoms with E-state index in [0.29, 0.717) is 12.0 Å². The average molecular weight is 264 g/mol. The molecule has 1 aliphatic carbocycles. The first-order valence-electron chi connectivity index (χ1n) is 7.20. The highest BCUT2D eigenvalue weighted by Gasteiger charge is 2.45. The SMILES string of the molecule is CC1(C)C[C@@H](NCc2nc(C3CC3)n[nH]2)C(C)(C)O1. The van der Waals surface area contributed by atoms with Crippen LogP contribution in [0, 0.1) is 0 Å². The van der Waals surface area contributed by atoms with Crippen LogP contribution in [0.15, 0.2) is 0 Å². The van der Waals surface area contributed by atoms with E-state index in [9.17, 15) is 0 Å². The van der Waals surface area contributed by atoms with E-state index in [1.54, 1.807) is 0 Å². The van der Waals surface area contributed by atoms with Crippen molar-refractivity contribution >= 4 is 0 Å². The summed E-state index contributed by atoms with van der Waals surface area (Å²) in [5, 5.41) is 10.9. The molecule has 0 radical (unpaired) electrons. The van der Waals surface area contributed by atoms with Crippen molar-refractivity contribution in [1.29, 1.82) is 0 Å². The molecule has 3 rings (SSSR count). The summed E-state index contributed by atoms with van der Waals surface area (Å²) in [5.41, 5.74) is -0.190. The topological polar surface area (TPSA) is 62.8 Å². The third-order valence-corrected chi connectivity index (χ3v) is 4.08. The molecule has 2 N–H and O–H groups in total. The van der Waals surface area contributed by atoms with Gasteiger partial charge >= 0.3 is 0 Å². The van der Waals surface area contributed by atoms with E-state index in [-0.39, 0.29) is 11.2 Å². The number of hydrogen-bond acceptors (Lipinski definition) is 4. The summed E-state index contributed by atoms with van der Waals surface area (Å²) in [7, 11) is 0. The maximum absolute atomic E-state index is 6.08. The molecular weight excluding hydrogens is 240 g/mol. The van der Waals surface area contributed by atoms with Crippen molar-refractivity contribution < 1.29 is 4.74 Å². The van der Waals surface area contributed by atoms with Crippen molar-refractivity contribution in [3.05, 3.63) is 11.6 Å². The molecule has 1 saturated carbocycles. The van der Waals surface area contributed by atoms with Crippen LogP contribution in [0.3, 0.4) is 0 Å². The molecule has 2 heterocycles. The number of aromatic amines is 1. The van der Waals surface area contributed by atoms with Gasteiger partial charge < -0.3 is 10.1 Å². The number of H-pyrrole nitrogens is 1. The summed E-state index contributed by atoms with van der Waals surface area (Å²) in [6.45, 7) is 9.32. The lowest BCUT2D eigenvalue weighted by Crippen LogP contribution is -2.43. The first-order chi connectivity index (χ1) is 8.86. The lowest BCUT2D eigenvalue weighted by Gasteiger charge is -2.27. The highest BCUT2D eigenvalue weighted by Crippen LogP contribution is 2.38. The van der Waals surface area contributed by atoms with Gasteiger partial charge in [-0.15, -0.1) is 0 Å². The second-order valence-electron chi connectivity index (χ2n) is 7.02. The third-order valence-electron chi connectivity index (χ3n) is 4.08. The highest BCUT2D eigenvalue weighted by atomic mass is 16.5. The van der Waals surface area contributed by atoms with Crippen LogP contribution in [0.5, 0.6) is 0 Å². The van der Waals surface area contributed by atoms with Gasteiger partial charge in [-0.3, -0.25) is 5.10 Å². The lowest BCUT2D eigenvalue weighted by molar-refractivity contribution is -0.0699. The summed E-state index contributed by atoms with van der Waals surface area (Å²) >= 11 is 0. The Labute approximate surface area is 114 Å². The first kappa shape index (κ1) is 13.1.